The lowest BCUT2D eigenvalue weighted by atomic mass is 9.93. The number of benzene rings is 6. The number of rotatable bonds is 5. The standard InChI is InChI=1S/C44H29N3/c1-3-8-30(9-4-1)32-14-18-34(19-15-32)47(35-20-16-33(17-21-35)31-10-5-2-6-11-31)43-23-22-39-42-29-46-27-25-37(42)36-24-26-45-28-41(36)38-12-7-13-40(43)44(38)39/h1-29H. The summed E-state index contributed by atoms with van der Waals surface area (Å²) in [6.45, 7) is 0. The highest BCUT2D eigenvalue weighted by molar-refractivity contribution is 6.17. The average molecular weight is 600 g/mol. The molecule has 0 aliphatic heterocycles. The third-order valence-corrected chi connectivity index (χ3v) is 9.24. The number of pyridine rings is 2. The number of hydrogen-bond donors (Lipinski definition) is 0. The fraction of sp³-hybridized carbons (Fsp3) is 0. The normalized spacial score (nSPS) is 11.4. The molecule has 0 saturated heterocycles. The monoisotopic (exact) mass is 599 g/mol. The first-order valence-corrected chi connectivity index (χ1v) is 15.9. The zero-order valence-electron chi connectivity index (χ0n) is 25.6. The maximum absolute atomic E-state index is 4.57. The van der Waals surface area contributed by atoms with Crippen molar-refractivity contribution in [3.63, 3.8) is 0 Å². The van der Waals surface area contributed by atoms with Crippen LogP contribution in [0, 0.1) is 0 Å². The van der Waals surface area contributed by atoms with Crippen LogP contribution in [0.25, 0.3) is 66.4 Å². The Morgan fingerprint density at radius 1 is 0.340 bits per heavy atom. The van der Waals surface area contributed by atoms with Crippen molar-refractivity contribution < 1.29 is 0 Å². The predicted octanol–water partition coefficient (Wildman–Crippen LogP) is 11.7. The number of hydrogen-bond acceptors (Lipinski definition) is 3. The van der Waals surface area contributed by atoms with Gasteiger partial charge in [-0.05, 0) is 92.4 Å². The molecule has 0 N–H and O–H groups in total. The summed E-state index contributed by atoms with van der Waals surface area (Å²) in [6.07, 6.45) is 7.76. The maximum Gasteiger partial charge on any atom is 0.0540 e. The minimum Gasteiger partial charge on any atom is -0.310 e. The molecule has 2 heterocycles. The Bertz CT molecular complexity index is 2250. The molecular weight excluding hydrogens is 571 g/mol. The molecule has 0 saturated carbocycles. The first kappa shape index (κ1) is 27.0. The van der Waals surface area contributed by atoms with Crippen LogP contribution in [0.5, 0.6) is 0 Å². The second-order valence-electron chi connectivity index (χ2n) is 11.9. The zero-order chi connectivity index (χ0) is 31.2. The van der Waals surface area contributed by atoms with Gasteiger partial charge < -0.3 is 4.90 Å². The van der Waals surface area contributed by atoms with E-state index in [9.17, 15) is 0 Å². The van der Waals surface area contributed by atoms with Crippen molar-refractivity contribution in [2.45, 2.75) is 0 Å². The van der Waals surface area contributed by atoms with Gasteiger partial charge in [0.2, 0.25) is 0 Å². The Labute approximate surface area is 274 Å². The quantitative estimate of drug-likeness (QED) is 0.197. The fourth-order valence-electron chi connectivity index (χ4n) is 7.02. The molecule has 1 aliphatic carbocycles. The van der Waals surface area contributed by atoms with Gasteiger partial charge >= 0.3 is 0 Å². The van der Waals surface area contributed by atoms with Crippen LogP contribution in [0.4, 0.5) is 17.1 Å². The molecule has 0 radical (unpaired) electrons. The first-order valence-electron chi connectivity index (χ1n) is 15.9. The van der Waals surface area contributed by atoms with Crippen molar-refractivity contribution >= 4 is 27.8 Å². The van der Waals surface area contributed by atoms with Gasteiger partial charge in [0.25, 0.3) is 0 Å². The second kappa shape index (κ2) is 11.2. The van der Waals surface area contributed by atoms with Crippen LogP contribution in [0.1, 0.15) is 0 Å². The molecule has 0 spiro atoms. The molecule has 6 aromatic carbocycles. The van der Waals surface area contributed by atoms with Crippen LogP contribution in [0.15, 0.2) is 176 Å². The molecule has 0 unspecified atom stereocenters. The number of anilines is 3. The lowest BCUT2D eigenvalue weighted by Crippen LogP contribution is -2.10. The zero-order valence-corrected chi connectivity index (χ0v) is 25.6. The Morgan fingerprint density at radius 3 is 1.36 bits per heavy atom. The van der Waals surface area contributed by atoms with Gasteiger partial charge in [0.05, 0.1) is 5.69 Å². The van der Waals surface area contributed by atoms with Gasteiger partial charge in [-0.15, -0.1) is 0 Å². The highest BCUT2D eigenvalue weighted by Crippen LogP contribution is 2.50. The van der Waals surface area contributed by atoms with Crippen molar-refractivity contribution in [2.24, 2.45) is 0 Å². The summed E-state index contributed by atoms with van der Waals surface area (Å²) in [5.41, 5.74) is 15.1. The summed E-state index contributed by atoms with van der Waals surface area (Å²) in [6, 6.07) is 54.3. The average Bonchev–Trinajstić information content (AvgIpc) is 3.28. The van der Waals surface area contributed by atoms with E-state index in [0.29, 0.717) is 0 Å². The first-order chi connectivity index (χ1) is 23.3. The van der Waals surface area contributed by atoms with Crippen LogP contribution in [0.2, 0.25) is 0 Å². The summed E-state index contributed by atoms with van der Waals surface area (Å²) in [7, 11) is 0. The Kier molecular flexibility index (Phi) is 6.46. The van der Waals surface area contributed by atoms with E-state index < -0.39 is 0 Å². The Hall–Kier alpha value is -6.32. The summed E-state index contributed by atoms with van der Waals surface area (Å²) in [5, 5.41) is 2.38. The second-order valence-corrected chi connectivity index (χ2v) is 11.9. The molecule has 2 aromatic heterocycles. The SMILES string of the molecule is c1ccc(-c2ccc(N(c3ccc(-c4ccccc4)cc3)c3ccc4c5c(cccc35)-c3cnccc3-c3ccncc3-4)cc2)cc1. The van der Waals surface area contributed by atoms with E-state index in [1.807, 2.05) is 24.8 Å². The predicted molar refractivity (Wildman–Crippen MR) is 195 cm³/mol. The molecular formula is C44H29N3. The third kappa shape index (κ3) is 4.60. The number of fused-ring (bicyclic) bond motifs is 5. The molecule has 47 heavy (non-hydrogen) atoms. The number of aromatic nitrogens is 2. The van der Waals surface area contributed by atoms with Crippen molar-refractivity contribution in [3.8, 4) is 55.6 Å². The molecule has 3 nitrogen and oxygen atoms in total. The van der Waals surface area contributed by atoms with Gasteiger partial charge in [-0.1, -0.05) is 109 Å². The summed E-state index contributed by atoms with van der Waals surface area (Å²) in [5.74, 6) is 0. The van der Waals surface area contributed by atoms with Crippen molar-refractivity contribution in [1.82, 2.24) is 9.97 Å². The molecule has 9 rings (SSSR count). The van der Waals surface area contributed by atoms with Crippen molar-refractivity contribution in [2.75, 3.05) is 4.90 Å². The highest BCUT2D eigenvalue weighted by atomic mass is 15.1. The molecule has 0 bridgehead atoms. The fourth-order valence-corrected chi connectivity index (χ4v) is 7.02. The molecule has 220 valence electrons. The Morgan fingerprint density at radius 2 is 0.830 bits per heavy atom. The summed E-state index contributed by atoms with van der Waals surface area (Å²) >= 11 is 0. The van der Waals surface area contributed by atoms with Gasteiger partial charge in [0, 0.05) is 52.7 Å². The van der Waals surface area contributed by atoms with E-state index in [0.717, 1.165) is 28.2 Å². The minimum atomic E-state index is 1.09. The molecule has 1 aliphatic rings. The van der Waals surface area contributed by atoms with E-state index in [1.165, 1.54) is 55.3 Å². The van der Waals surface area contributed by atoms with Crippen LogP contribution in [-0.4, -0.2) is 9.97 Å². The lowest BCUT2D eigenvalue weighted by Gasteiger charge is -2.28. The topological polar surface area (TPSA) is 29.0 Å². The van der Waals surface area contributed by atoms with E-state index in [-0.39, 0.29) is 0 Å². The van der Waals surface area contributed by atoms with E-state index in [2.05, 4.69) is 167 Å². The van der Waals surface area contributed by atoms with Gasteiger partial charge in [0.15, 0.2) is 0 Å². The third-order valence-electron chi connectivity index (χ3n) is 9.24. The van der Waals surface area contributed by atoms with E-state index in [4.69, 9.17) is 0 Å². The van der Waals surface area contributed by atoms with Crippen molar-refractivity contribution in [3.05, 3.63) is 176 Å². The molecule has 0 atom stereocenters. The molecule has 0 amide bonds. The number of nitrogens with zero attached hydrogens (tertiary/aromatic N) is 3. The van der Waals surface area contributed by atoms with Gasteiger partial charge in [-0.3, -0.25) is 9.97 Å². The van der Waals surface area contributed by atoms with Gasteiger partial charge in [-0.2, -0.15) is 0 Å². The van der Waals surface area contributed by atoms with E-state index in [1.54, 1.807) is 0 Å². The smallest absolute Gasteiger partial charge is 0.0540 e. The van der Waals surface area contributed by atoms with Crippen molar-refractivity contribution in [1.29, 1.82) is 0 Å². The van der Waals surface area contributed by atoms with Gasteiger partial charge in [-0.25, -0.2) is 0 Å². The molecule has 0 fully saturated rings. The van der Waals surface area contributed by atoms with Crippen LogP contribution >= 0.6 is 0 Å². The lowest BCUT2D eigenvalue weighted by molar-refractivity contribution is 1.30. The largest absolute Gasteiger partial charge is 0.310 e. The molecule has 3 heteroatoms. The minimum absolute atomic E-state index is 1.09. The van der Waals surface area contributed by atoms with Crippen LogP contribution in [0.3, 0.4) is 0 Å². The molecule has 8 aromatic rings. The van der Waals surface area contributed by atoms with Crippen LogP contribution < -0.4 is 4.90 Å². The highest BCUT2D eigenvalue weighted by Gasteiger charge is 2.24. The Balaban J connectivity index is 1.27. The maximum atomic E-state index is 4.57. The van der Waals surface area contributed by atoms with E-state index >= 15 is 0 Å². The van der Waals surface area contributed by atoms with Crippen LogP contribution in [-0.2, 0) is 0 Å². The van der Waals surface area contributed by atoms with Gasteiger partial charge in [0.1, 0.15) is 0 Å². The summed E-state index contributed by atoms with van der Waals surface area (Å²) in [4.78, 5) is 11.5. The summed E-state index contributed by atoms with van der Waals surface area (Å²) < 4.78 is 0.